The minimum atomic E-state index is 0.102. The van der Waals surface area contributed by atoms with Crippen LogP contribution in [0, 0.1) is 10.8 Å². The zero-order valence-electron chi connectivity index (χ0n) is 14.8. The van der Waals surface area contributed by atoms with Gasteiger partial charge in [0.25, 0.3) is 0 Å². The summed E-state index contributed by atoms with van der Waals surface area (Å²) in [5, 5.41) is 3.75. The highest BCUT2D eigenvalue weighted by Gasteiger charge is 2.39. The van der Waals surface area contributed by atoms with Gasteiger partial charge in [0.05, 0.1) is 0 Å². The number of unbranched alkanes of at least 4 members (excludes halogenated alkanes) is 2. The fourth-order valence-corrected chi connectivity index (χ4v) is 2.72. The van der Waals surface area contributed by atoms with Gasteiger partial charge < -0.3 is 5.32 Å². The molecule has 1 heteroatoms. The molecule has 0 bridgehead atoms. The molecule has 1 nitrogen and oxygen atoms in total. The van der Waals surface area contributed by atoms with Crippen molar-refractivity contribution in [3.8, 4) is 0 Å². The monoisotopic (exact) mass is 277 g/mol. The van der Waals surface area contributed by atoms with Crippen LogP contribution < -0.4 is 5.32 Å². The van der Waals surface area contributed by atoms with Crippen LogP contribution in [-0.2, 0) is 0 Å². The van der Waals surface area contributed by atoms with Crippen LogP contribution in [0.4, 0.5) is 0 Å². The van der Waals surface area contributed by atoms with E-state index in [9.17, 15) is 0 Å². The van der Waals surface area contributed by atoms with E-state index in [-0.39, 0.29) is 11.0 Å². The van der Waals surface area contributed by atoms with Crippen LogP contribution in [0.1, 0.15) is 74.1 Å². The average Bonchev–Trinajstić information content (AvgIpc) is 2.33. The SMILES string of the molecule is CCCCCNC(C)(C)C1=CC=CC(C)(C(C)(C)C)C1. The standard InChI is InChI=1S/C19H35N/c1-8-9-10-14-20-18(5,6)16-12-11-13-19(7,15-16)17(2,3)4/h11-13,20H,8-10,14-15H2,1-7H3. The maximum absolute atomic E-state index is 3.75. The van der Waals surface area contributed by atoms with Crippen molar-refractivity contribution >= 4 is 0 Å². The Morgan fingerprint density at radius 2 is 1.80 bits per heavy atom. The Bertz CT molecular complexity index is 368. The second-order valence-corrected chi connectivity index (χ2v) is 8.15. The molecular formula is C19H35N. The number of allylic oxidation sites excluding steroid dienone is 3. The van der Waals surface area contributed by atoms with Gasteiger partial charge in [-0.2, -0.15) is 0 Å². The van der Waals surface area contributed by atoms with Gasteiger partial charge in [-0.1, -0.05) is 65.7 Å². The molecule has 0 aliphatic heterocycles. The predicted molar refractivity (Wildman–Crippen MR) is 91.0 cm³/mol. The highest BCUT2D eigenvalue weighted by atomic mass is 15.0. The van der Waals surface area contributed by atoms with Gasteiger partial charge in [-0.15, -0.1) is 0 Å². The van der Waals surface area contributed by atoms with E-state index < -0.39 is 0 Å². The molecule has 1 aliphatic rings. The molecule has 0 aromatic rings. The third-order valence-corrected chi connectivity index (χ3v) is 5.18. The summed E-state index contributed by atoms with van der Waals surface area (Å²) in [7, 11) is 0. The minimum Gasteiger partial charge on any atom is -0.308 e. The third-order valence-electron chi connectivity index (χ3n) is 5.18. The summed E-state index contributed by atoms with van der Waals surface area (Å²) >= 11 is 0. The van der Waals surface area contributed by atoms with E-state index in [2.05, 4.69) is 72.0 Å². The summed E-state index contributed by atoms with van der Waals surface area (Å²) in [5.41, 5.74) is 2.18. The van der Waals surface area contributed by atoms with E-state index in [4.69, 9.17) is 0 Å². The predicted octanol–water partition coefficient (Wildman–Crippen LogP) is 5.48. The lowest BCUT2D eigenvalue weighted by Gasteiger charge is -2.45. The lowest BCUT2D eigenvalue weighted by Crippen LogP contribution is -2.45. The Balaban J connectivity index is 2.72. The molecule has 1 unspecified atom stereocenters. The van der Waals surface area contributed by atoms with Gasteiger partial charge in [0.1, 0.15) is 0 Å². The van der Waals surface area contributed by atoms with Crippen LogP contribution in [0.5, 0.6) is 0 Å². The molecule has 0 aromatic heterocycles. The number of rotatable bonds is 6. The Kier molecular flexibility index (Phi) is 5.66. The van der Waals surface area contributed by atoms with E-state index >= 15 is 0 Å². The Morgan fingerprint density at radius 3 is 2.35 bits per heavy atom. The fraction of sp³-hybridized carbons (Fsp3) is 0.789. The molecule has 0 spiro atoms. The molecule has 1 aliphatic carbocycles. The molecular weight excluding hydrogens is 242 g/mol. The van der Waals surface area contributed by atoms with Crippen molar-refractivity contribution in [2.75, 3.05) is 6.54 Å². The third kappa shape index (κ3) is 4.22. The maximum atomic E-state index is 3.75. The quantitative estimate of drug-likeness (QED) is 0.634. The van der Waals surface area contributed by atoms with Crippen LogP contribution in [-0.4, -0.2) is 12.1 Å². The molecule has 1 rings (SSSR count). The largest absolute Gasteiger partial charge is 0.308 e. The summed E-state index contributed by atoms with van der Waals surface area (Å²) in [6, 6.07) is 0. The van der Waals surface area contributed by atoms with Gasteiger partial charge >= 0.3 is 0 Å². The normalized spacial score (nSPS) is 23.9. The smallest absolute Gasteiger partial charge is 0.0340 e. The highest BCUT2D eigenvalue weighted by molar-refractivity contribution is 5.31. The molecule has 0 saturated carbocycles. The van der Waals surface area contributed by atoms with Gasteiger partial charge in [0.15, 0.2) is 0 Å². The molecule has 20 heavy (non-hydrogen) atoms. The van der Waals surface area contributed by atoms with Gasteiger partial charge in [-0.05, 0) is 49.6 Å². The molecule has 0 amide bonds. The van der Waals surface area contributed by atoms with Crippen molar-refractivity contribution in [2.45, 2.75) is 79.7 Å². The first kappa shape index (κ1) is 17.5. The summed E-state index contributed by atoms with van der Waals surface area (Å²) in [6.07, 6.45) is 12.0. The van der Waals surface area contributed by atoms with Gasteiger partial charge in [-0.3, -0.25) is 0 Å². The zero-order chi connectivity index (χ0) is 15.4. The summed E-state index contributed by atoms with van der Waals surface area (Å²) in [6.45, 7) is 17.5. The highest BCUT2D eigenvalue weighted by Crippen LogP contribution is 2.47. The first-order chi connectivity index (χ1) is 9.12. The molecule has 0 heterocycles. The average molecular weight is 277 g/mol. The van der Waals surface area contributed by atoms with Gasteiger partial charge in [0, 0.05) is 5.54 Å². The Labute approximate surface area is 126 Å². The van der Waals surface area contributed by atoms with Crippen molar-refractivity contribution in [1.82, 2.24) is 5.32 Å². The van der Waals surface area contributed by atoms with Crippen molar-refractivity contribution in [3.63, 3.8) is 0 Å². The Morgan fingerprint density at radius 1 is 1.15 bits per heavy atom. The molecule has 0 fully saturated rings. The van der Waals surface area contributed by atoms with E-state index in [0.29, 0.717) is 5.41 Å². The van der Waals surface area contributed by atoms with Crippen molar-refractivity contribution < 1.29 is 0 Å². The first-order valence-electron chi connectivity index (χ1n) is 8.26. The van der Waals surface area contributed by atoms with Crippen molar-refractivity contribution in [2.24, 2.45) is 10.8 Å². The summed E-state index contributed by atoms with van der Waals surface area (Å²) < 4.78 is 0. The van der Waals surface area contributed by atoms with E-state index in [0.717, 1.165) is 13.0 Å². The lowest BCUT2D eigenvalue weighted by atomic mass is 9.61. The van der Waals surface area contributed by atoms with Crippen molar-refractivity contribution in [3.05, 3.63) is 23.8 Å². The zero-order valence-corrected chi connectivity index (χ0v) is 14.8. The Hall–Kier alpha value is -0.560. The van der Waals surface area contributed by atoms with E-state index in [1.807, 2.05) is 0 Å². The second kappa shape index (κ2) is 6.47. The van der Waals surface area contributed by atoms with Crippen LogP contribution in [0.25, 0.3) is 0 Å². The number of hydrogen-bond donors (Lipinski definition) is 1. The topological polar surface area (TPSA) is 12.0 Å². The fourth-order valence-electron chi connectivity index (χ4n) is 2.72. The number of hydrogen-bond acceptors (Lipinski definition) is 1. The van der Waals surface area contributed by atoms with Gasteiger partial charge in [-0.25, -0.2) is 0 Å². The summed E-state index contributed by atoms with van der Waals surface area (Å²) in [5.74, 6) is 0. The molecule has 0 aromatic carbocycles. The van der Waals surface area contributed by atoms with Crippen LogP contribution in [0.15, 0.2) is 23.8 Å². The molecule has 1 atom stereocenters. The van der Waals surface area contributed by atoms with Crippen LogP contribution in [0.3, 0.4) is 0 Å². The maximum Gasteiger partial charge on any atom is 0.0340 e. The molecule has 0 radical (unpaired) electrons. The minimum absolute atomic E-state index is 0.102. The molecule has 0 saturated heterocycles. The van der Waals surface area contributed by atoms with Crippen LogP contribution in [0.2, 0.25) is 0 Å². The van der Waals surface area contributed by atoms with Crippen LogP contribution >= 0.6 is 0 Å². The molecule has 1 N–H and O–H groups in total. The first-order valence-corrected chi connectivity index (χ1v) is 8.26. The summed E-state index contributed by atoms with van der Waals surface area (Å²) in [4.78, 5) is 0. The number of nitrogens with one attached hydrogen (secondary N) is 1. The second-order valence-electron chi connectivity index (χ2n) is 8.15. The van der Waals surface area contributed by atoms with Crippen molar-refractivity contribution in [1.29, 1.82) is 0 Å². The van der Waals surface area contributed by atoms with E-state index in [1.165, 1.54) is 24.8 Å². The van der Waals surface area contributed by atoms with Gasteiger partial charge in [0.2, 0.25) is 0 Å². The lowest BCUT2D eigenvalue weighted by molar-refractivity contribution is 0.159. The molecule has 116 valence electrons. The van der Waals surface area contributed by atoms with E-state index in [1.54, 1.807) is 0 Å².